The Morgan fingerprint density at radius 2 is 2.05 bits per heavy atom. The molecule has 0 bridgehead atoms. The van der Waals surface area contributed by atoms with Crippen molar-refractivity contribution >= 4 is 41.3 Å². The number of nitrogens with one attached hydrogen (secondary N) is 2. The second-order valence-electron chi connectivity index (χ2n) is 5.56. The fourth-order valence-electron chi connectivity index (χ4n) is 2.57. The molecule has 2 rings (SSSR count). The van der Waals surface area contributed by atoms with Crippen LogP contribution >= 0.6 is 35.3 Å². The van der Waals surface area contributed by atoms with Gasteiger partial charge in [0, 0.05) is 20.1 Å². The fourth-order valence-corrected chi connectivity index (χ4v) is 3.24. The summed E-state index contributed by atoms with van der Waals surface area (Å²) in [5, 5.41) is 11.1. The summed E-state index contributed by atoms with van der Waals surface area (Å²) >= 11 is 1.73. The maximum Gasteiger partial charge on any atom is 0.191 e. The van der Waals surface area contributed by atoms with Gasteiger partial charge in [-0.15, -0.1) is 24.0 Å². The third-order valence-corrected chi connectivity index (χ3v) is 4.69. The third kappa shape index (κ3) is 5.99. The van der Waals surface area contributed by atoms with Crippen molar-refractivity contribution in [3.8, 4) is 0 Å². The Labute approximate surface area is 143 Å². The molecular formula is C15H26IN3S. The van der Waals surface area contributed by atoms with E-state index in [0.29, 0.717) is 0 Å². The van der Waals surface area contributed by atoms with E-state index in [2.05, 4.69) is 39.4 Å². The van der Waals surface area contributed by atoms with Crippen LogP contribution in [-0.4, -0.2) is 19.6 Å². The number of nitrogens with zero attached hydrogens (tertiary/aromatic N) is 1. The maximum absolute atomic E-state index is 4.28. The van der Waals surface area contributed by atoms with Crippen molar-refractivity contribution in [3.63, 3.8) is 0 Å². The number of guanidine groups is 1. The number of aliphatic imine (C=N–C) groups is 1. The van der Waals surface area contributed by atoms with Crippen LogP contribution in [0, 0.1) is 11.8 Å². The van der Waals surface area contributed by atoms with Crippen LogP contribution in [0.15, 0.2) is 21.8 Å². The van der Waals surface area contributed by atoms with Crippen LogP contribution in [0.2, 0.25) is 0 Å². The lowest BCUT2D eigenvalue weighted by Gasteiger charge is -2.26. The zero-order valence-corrected chi connectivity index (χ0v) is 15.5. The molecule has 1 heterocycles. The molecule has 0 spiro atoms. The molecule has 1 saturated carbocycles. The number of halogens is 1. The zero-order chi connectivity index (χ0) is 13.5. The van der Waals surface area contributed by atoms with E-state index in [1.54, 1.807) is 11.3 Å². The van der Waals surface area contributed by atoms with Crippen molar-refractivity contribution in [1.82, 2.24) is 10.6 Å². The van der Waals surface area contributed by atoms with E-state index in [-0.39, 0.29) is 24.0 Å². The van der Waals surface area contributed by atoms with Crippen LogP contribution in [0.5, 0.6) is 0 Å². The van der Waals surface area contributed by atoms with Crippen molar-refractivity contribution in [2.24, 2.45) is 16.8 Å². The first-order chi connectivity index (χ1) is 9.28. The molecule has 0 radical (unpaired) electrons. The Kier molecular flexibility index (Phi) is 8.52. The lowest BCUT2D eigenvalue weighted by molar-refractivity contribution is 0.289. The maximum atomic E-state index is 4.28. The van der Waals surface area contributed by atoms with Crippen LogP contribution < -0.4 is 10.6 Å². The highest BCUT2D eigenvalue weighted by Gasteiger charge is 2.18. The van der Waals surface area contributed by atoms with Crippen LogP contribution in [0.4, 0.5) is 0 Å². The fraction of sp³-hybridized carbons (Fsp3) is 0.667. The highest BCUT2D eigenvalue weighted by atomic mass is 127. The largest absolute Gasteiger partial charge is 0.356 e. The minimum atomic E-state index is 0. The quantitative estimate of drug-likeness (QED) is 0.452. The molecule has 0 aromatic carbocycles. The van der Waals surface area contributed by atoms with E-state index in [9.17, 15) is 0 Å². The summed E-state index contributed by atoms with van der Waals surface area (Å²) in [4.78, 5) is 4.28. The van der Waals surface area contributed by atoms with Crippen LogP contribution in [0.1, 0.15) is 38.2 Å². The minimum absolute atomic E-state index is 0. The molecule has 20 heavy (non-hydrogen) atoms. The molecule has 3 nitrogen and oxygen atoms in total. The van der Waals surface area contributed by atoms with Crippen molar-refractivity contribution in [3.05, 3.63) is 22.4 Å². The van der Waals surface area contributed by atoms with E-state index in [4.69, 9.17) is 0 Å². The Hall–Kier alpha value is -0.300. The Bertz CT molecular complexity index is 384. The molecule has 1 aromatic heterocycles. The zero-order valence-electron chi connectivity index (χ0n) is 12.4. The van der Waals surface area contributed by atoms with Gasteiger partial charge >= 0.3 is 0 Å². The van der Waals surface area contributed by atoms with Crippen LogP contribution in [0.3, 0.4) is 0 Å². The first-order valence-corrected chi connectivity index (χ1v) is 8.17. The molecule has 1 aliphatic rings. The number of rotatable bonds is 4. The van der Waals surface area contributed by atoms with Gasteiger partial charge < -0.3 is 10.6 Å². The SMILES string of the molecule is CN=C(NCc1ccsc1)NCC1CCC(C)CC1.I. The smallest absolute Gasteiger partial charge is 0.191 e. The van der Waals surface area contributed by atoms with Gasteiger partial charge in [0.1, 0.15) is 0 Å². The summed E-state index contributed by atoms with van der Waals surface area (Å²) in [6.45, 7) is 4.27. The van der Waals surface area contributed by atoms with Gasteiger partial charge in [-0.25, -0.2) is 0 Å². The van der Waals surface area contributed by atoms with Gasteiger partial charge in [0.05, 0.1) is 0 Å². The average molecular weight is 407 g/mol. The van der Waals surface area contributed by atoms with Gasteiger partial charge in [-0.05, 0) is 47.1 Å². The van der Waals surface area contributed by atoms with Gasteiger partial charge in [-0.2, -0.15) is 11.3 Å². The predicted octanol–water partition coefficient (Wildman–Crippen LogP) is 3.86. The van der Waals surface area contributed by atoms with E-state index in [0.717, 1.165) is 30.9 Å². The molecule has 5 heteroatoms. The van der Waals surface area contributed by atoms with Crippen LogP contribution in [0.25, 0.3) is 0 Å². The van der Waals surface area contributed by atoms with E-state index >= 15 is 0 Å². The summed E-state index contributed by atoms with van der Waals surface area (Å²) < 4.78 is 0. The first-order valence-electron chi connectivity index (χ1n) is 7.23. The predicted molar refractivity (Wildman–Crippen MR) is 99.1 cm³/mol. The third-order valence-electron chi connectivity index (χ3n) is 3.96. The van der Waals surface area contributed by atoms with Gasteiger partial charge in [0.2, 0.25) is 0 Å². The highest BCUT2D eigenvalue weighted by molar-refractivity contribution is 14.0. The van der Waals surface area contributed by atoms with E-state index in [1.807, 2.05) is 7.05 Å². The Balaban J connectivity index is 0.00000200. The molecule has 0 atom stereocenters. The molecule has 0 amide bonds. The van der Waals surface area contributed by atoms with Gasteiger partial charge in [-0.1, -0.05) is 19.8 Å². The number of hydrogen-bond acceptors (Lipinski definition) is 2. The molecular weight excluding hydrogens is 381 g/mol. The van der Waals surface area contributed by atoms with Gasteiger partial charge in [0.15, 0.2) is 5.96 Å². The summed E-state index contributed by atoms with van der Waals surface area (Å²) in [5.74, 6) is 2.66. The lowest BCUT2D eigenvalue weighted by atomic mass is 9.83. The van der Waals surface area contributed by atoms with Crippen molar-refractivity contribution in [1.29, 1.82) is 0 Å². The van der Waals surface area contributed by atoms with Gasteiger partial charge in [0.25, 0.3) is 0 Å². The van der Waals surface area contributed by atoms with E-state index in [1.165, 1.54) is 31.2 Å². The van der Waals surface area contributed by atoms with Gasteiger partial charge in [-0.3, -0.25) is 4.99 Å². The minimum Gasteiger partial charge on any atom is -0.356 e. The number of hydrogen-bond donors (Lipinski definition) is 2. The molecule has 0 unspecified atom stereocenters. The van der Waals surface area contributed by atoms with Crippen LogP contribution in [-0.2, 0) is 6.54 Å². The second-order valence-corrected chi connectivity index (χ2v) is 6.34. The lowest BCUT2D eigenvalue weighted by Crippen LogP contribution is -2.39. The summed E-state index contributed by atoms with van der Waals surface area (Å²) in [5.41, 5.74) is 1.32. The molecule has 2 N–H and O–H groups in total. The molecule has 114 valence electrons. The molecule has 0 saturated heterocycles. The molecule has 0 aliphatic heterocycles. The topological polar surface area (TPSA) is 36.4 Å². The van der Waals surface area contributed by atoms with Crippen molar-refractivity contribution in [2.45, 2.75) is 39.2 Å². The standard InChI is InChI=1S/C15H25N3S.HI/c1-12-3-5-13(6-4-12)9-17-15(16-2)18-10-14-7-8-19-11-14;/h7-8,11-13H,3-6,9-10H2,1-2H3,(H2,16,17,18);1H. The van der Waals surface area contributed by atoms with E-state index < -0.39 is 0 Å². The molecule has 1 fully saturated rings. The Morgan fingerprint density at radius 3 is 2.65 bits per heavy atom. The molecule has 1 aromatic rings. The Morgan fingerprint density at radius 1 is 1.30 bits per heavy atom. The second kappa shape index (κ2) is 9.60. The first kappa shape index (κ1) is 17.8. The highest BCUT2D eigenvalue weighted by Crippen LogP contribution is 2.27. The van der Waals surface area contributed by atoms with Crippen molar-refractivity contribution in [2.75, 3.05) is 13.6 Å². The summed E-state index contributed by atoms with van der Waals surface area (Å²) in [7, 11) is 1.84. The molecule has 1 aliphatic carbocycles. The summed E-state index contributed by atoms with van der Waals surface area (Å²) in [6.07, 6.45) is 5.48. The number of thiophene rings is 1. The van der Waals surface area contributed by atoms with Crippen molar-refractivity contribution < 1.29 is 0 Å². The monoisotopic (exact) mass is 407 g/mol. The average Bonchev–Trinajstić information content (AvgIpc) is 2.94. The summed E-state index contributed by atoms with van der Waals surface area (Å²) in [6, 6.07) is 2.15. The normalized spacial score (nSPS) is 23.0.